The van der Waals surface area contributed by atoms with Gasteiger partial charge in [-0.25, -0.2) is 24.4 Å². The molecule has 0 aliphatic rings. The number of urea groups is 2. The van der Waals surface area contributed by atoms with E-state index >= 15 is 0 Å². The largest absolute Gasteiger partial charge is 0.481 e. The highest BCUT2D eigenvalue weighted by Crippen LogP contribution is 2.12. The fourth-order valence-electron chi connectivity index (χ4n) is 2.88. The summed E-state index contributed by atoms with van der Waals surface area (Å²) >= 11 is 0. The Balaban J connectivity index is 0.000000886. The van der Waals surface area contributed by atoms with Crippen molar-refractivity contribution in [3.63, 3.8) is 0 Å². The highest BCUT2D eigenvalue weighted by molar-refractivity contribution is 5.97. The van der Waals surface area contributed by atoms with Crippen LogP contribution in [0.15, 0.2) is 35.3 Å². The number of carboxylic acid groups (broad SMARTS) is 2. The number of benzene rings is 1. The van der Waals surface area contributed by atoms with E-state index in [1.165, 1.54) is 18.3 Å². The second-order valence-corrected chi connectivity index (χ2v) is 7.57. The average Bonchev–Trinajstić information content (AvgIpc) is 2.84. The van der Waals surface area contributed by atoms with E-state index in [1.54, 1.807) is 17.4 Å². The van der Waals surface area contributed by atoms with Gasteiger partial charge < -0.3 is 44.2 Å². The van der Waals surface area contributed by atoms with Crippen molar-refractivity contribution in [2.24, 2.45) is 11.5 Å². The number of fused-ring (bicyclic) bond motifs is 1. The zero-order chi connectivity index (χ0) is 29.1. The summed E-state index contributed by atoms with van der Waals surface area (Å²) in [6, 6.07) is 2.99. The molecule has 1 unspecified atom stereocenters. The van der Waals surface area contributed by atoms with E-state index in [0.717, 1.165) is 0 Å². The van der Waals surface area contributed by atoms with Crippen molar-refractivity contribution in [2.75, 3.05) is 11.1 Å². The van der Waals surface area contributed by atoms with Gasteiger partial charge in [0.1, 0.15) is 6.04 Å². The monoisotopic (exact) mass is 561 g/mol. The van der Waals surface area contributed by atoms with Gasteiger partial charge in [-0.15, -0.1) is 0 Å². The lowest BCUT2D eigenvalue weighted by atomic mass is 10.1. The van der Waals surface area contributed by atoms with E-state index in [4.69, 9.17) is 15.9 Å². The summed E-state index contributed by atoms with van der Waals surface area (Å²) in [7, 11) is 0. The summed E-state index contributed by atoms with van der Waals surface area (Å²) in [5.74, 6) is -3.16. The predicted octanol–water partition coefficient (Wildman–Crippen LogP) is -1.15. The summed E-state index contributed by atoms with van der Waals surface area (Å²) in [4.78, 5) is 79.8. The molecule has 2 heterocycles. The number of hydrogen-bond acceptors (Lipinski definition) is 12. The van der Waals surface area contributed by atoms with Crippen molar-refractivity contribution in [1.82, 2.24) is 36.7 Å². The first-order chi connectivity index (χ1) is 18.3. The molecule has 214 valence electrons. The number of anilines is 2. The minimum Gasteiger partial charge on any atom is -0.481 e. The maximum Gasteiger partial charge on any atom is 0.326 e. The molecule has 19 nitrogen and oxygen atoms in total. The topological polar surface area (TPSA) is 346 Å². The van der Waals surface area contributed by atoms with E-state index in [-0.39, 0.29) is 48.2 Å². The van der Waals surface area contributed by atoms with E-state index in [9.17, 15) is 28.8 Å². The van der Waals surface area contributed by atoms with Crippen molar-refractivity contribution < 1.29 is 34.2 Å². The van der Waals surface area contributed by atoms with Crippen LogP contribution in [0, 0.1) is 0 Å². The van der Waals surface area contributed by atoms with Crippen LogP contribution in [0.4, 0.5) is 21.2 Å². The minimum absolute atomic E-state index is 0. The van der Waals surface area contributed by atoms with Gasteiger partial charge >= 0.3 is 24.0 Å². The Morgan fingerprint density at radius 1 is 1.00 bits per heavy atom. The van der Waals surface area contributed by atoms with Gasteiger partial charge in [0, 0.05) is 17.7 Å². The molecule has 0 bridgehead atoms. The quantitative estimate of drug-likeness (QED) is 0.147. The Morgan fingerprint density at radius 3 is 2.15 bits per heavy atom. The molecule has 0 aliphatic heterocycles. The number of aromatic nitrogens is 4. The number of nitrogen functional groups attached to an aromatic ring is 1. The van der Waals surface area contributed by atoms with Crippen molar-refractivity contribution >= 4 is 52.7 Å². The number of nitrogens with two attached hydrogens (primary N) is 3. The molecule has 0 saturated carbocycles. The number of aliphatic carboxylic acids is 2. The van der Waals surface area contributed by atoms with Gasteiger partial charge in [0.2, 0.25) is 5.95 Å². The molecule has 3 aromatic rings. The summed E-state index contributed by atoms with van der Waals surface area (Å²) < 4.78 is 0. The molecule has 0 fully saturated rings. The normalized spacial score (nSPS) is 10.6. The Hall–Kier alpha value is -5.85. The molecule has 40 heavy (non-hydrogen) atoms. The van der Waals surface area contributed by atoms with Crippen molar-refractivity contribution in [3.05, 3.63) is 52.1 Å². The number of imide groups is 1. The second-order valence-electron chi connectivity index (χ2n) is 7.57. The van der Waals surface area contributed by atoms with Gasteiger partial charge in [-0.3, -0.25) is 24.7 Å². The third kappa shape index (κ3) is 10.3. The van der Waals surface area contributed by atoms with Crippen LogP contribution in [0.2, 0.25) is 0 Å². The van der Waals surface area contributed by atoms with Crippen LogP contribution >= 0.6 is 0 Å². The lowest BCUT2D eigenvalue weighted by Gasteiger charge is -2.14. The van der Waals surface area contributed by atoms with Gasteiger partial charge in [-0.2, -0.15) is 4.98 Å². The minimum atomic E-state index is -1.31. The molecule has 0 aliphatic carbocycles. The molecular formula is C21H27N11O8. The zero-order valence-electron chi connectivity index (χ0n) is 20.7. The Morgan fingerprint density at radius 2 is 1.62 bits per heavy atom. The van der Waals surface area contributed by atoms with E-state index in [0.29, 0.717) is 11.4 Å². The van der Waals surface area contributed by atoms with Crippen LogP contribution in [0.5, 0.6) is 0 Å². The van der Waals surface area contributed by atoms with Crippen molar-refractivity contribution in [2.45, 2.75) is 25.4 Å². The molecular weight excluding hydrogens is 534 g/mol. The SMILES string of the molecule is N.NC(=O)NC(N)=O.Nc1nc2ncc(CNc3ccc(C(=O)NC(CCC(=O)O)C(=O)O)cc3)nc2c(=O)[nH]1. The molecule has 0 spiro atoms. The number of aromatic amines is 1. The molecule has 0 saturated heterocycles. The summed E-state index contributed by atoms with van der Waals surface area (Å²) in [5.41, 5.74) is 15.4. The highest BCUT2D eigenvalue weighted by atomic mass is 16.4. The van der Waals surface area contributed by atoms with Crippen LogP contribution in [0.3, 0.4) is 0 Å². The molecule has 1 atom stereocenters. The van der Waals surface area contributed by atoms with Gasteiger partial charge in [-0.1, -0.05) is 0 Å². The number of rotatable bonds is 9. The van der Waals surface area contributed by atoms with E-state index in [2.05, 4.69) is 42.0 Å². The van der Waals surface area contributed by atoms with Crippen LogP contribution in [-0.2, 0) is 16.1 Å². The lowest BCUT2D eigenvalue weighted by molar-refractivity contribution is -0.140. The first-order valence-electron chi connectivity index (χ1n) is 10.8. The lowest BCUT2D eigenvalue weighted by Crippen LogP contribution is -2.41. The maximum absolute atomic E-state index is 12.3. The number of amides is 5. The van der Waals surface area contributed by atoms with Crippen molar-refractivity contribution in [3.8, 4) is 0 Å². The second kappa shape index (κ2) is 14.8. The zero-order valence-corrected chi connectivity index (χ0v) is 20.7. The number of carbonyl (C=O) groups is 5. The Bertz CT molecular complexity index is 1430. The molecule has 19 heteroatoms. The van der Waals surface area contributed by atoms with Crippen LogP contribution in [0.25, 0.3) is 11.2 Å². The van der Waals surface area contributed by atoms with Crippen LogP contribution in [0.1, 0.15) is 28.9 Å². The molecule has 1 aromatic carbocycles. The number of H-pyrrole nitrogens is 1. The fourth-order valence-corrected chi connectivity index (χ4v) is 2.88. The number of nitrogens with one attached hydrogen (secondary N) is 4. The number of carbonyl (C=O) groups excluding carboxylic acids is 3. The predicted molar refractivity (Wildman–Crippen MR) is 139 cm³/mol. The average molecular weight is 562 g/mol. The van der Waals surface area contributed by atoms with Crippen LogP contribution in [-0.4, -0.2) is 66.1 Å². The molecule has 3 rings (SSSR count). The van der Waals surface area contributed by atoms with Crippen molar-refractivity contribution in [1.29, 1.82) is 0 Å². The molecule has 0 radical (unpaired) electrons. The van der Waals surface area contributed by atoms with Gasteiger partial charge in [0.05, 0.1) is 18.4 Å². The smallest absolute Gasteiger partial charge is 0.326 e. The first-order valence-corrected chi connectivity index (χ1v) is 10.8. The van der Waals surface area contributed by atoms with E-state index < -0.39 is 41.5 Å². The summed E-state index contributed by atoms with van der Waals surface area (Å²) in [6.45, 7) is 0.231. The fraction of sp³-hybridized carbons (Fsp3) is 0.190. The first kappa shape index (κ1) is 32.2. The standard InChI is InChI=1S/C19H19N7O6.C2H5N3O2.H3N/c20-19-25-15-14(17(30)26-19)23-11(8-22-15)7-21-10-3-1-9(2-4-10)16(29)24-12(18(31)32)5-6-13(27)28;3-1(6)5-2(4)7;/h1-4,8,12,21H,5-7H2,(H,24,29)(H,27,28)(H,31,32)(H3,20,22,25,26,30);(H5,3,4,5,6,7);1H3. The number of primary amides is 2. The molecule has 2 aromatic heterocycles. The number of hydrogen-bond donors (Lipinski definition) is 10. The summed E-state index contributed by atoms with van der Waals surface area (Å²) in [5, 5.41) is 24.8. The van der Waals surface area contributed by atoms with Gasteiger partial charge in [-0.05, 0) is 30.7 Å². The van der Waals surface area contributed by atoms with E-state index in [1.807, 2.05) is 0 Å². The molecule has 5 amide bonds. The number of nitrogens with zero attached hydrogens (tertiary/aromatic N) is 3. The Labute approximate surface area is 224 Å². The third-order valence-electron chi connectivity index (χ3n) is 4.60. The maximum atomic E-state index is 12.3. The van der Waals surface area contributed by atoms with Gasteiger partial charge in [0.15, 0.2) is 11.2 Å². The van der Waals surface area contributed by atoms with Gasteiger partial charge in [0.25, 0.3) is 11.5 Å². The Kier molecular flexibility index (Phi) is 11.9. The number of carboxylic acids is 2. The summed E-state index contributed by atoms with van der Waals surface area (Å²) in [6.07, 6.45) is 0.840. The highest BCUT2D eigenvalue weighted by Gasteiger charge is 2.21. The van der Waals surface area contributed by atoms with Crippen LogP contribution < -0.4 is 44.9 Å². The molecule has 15 N–H and O–H groups in total. The third-order valence-corrected chi connectivity index (χ3v) is 4.60.